The Hall–Kier alpha value is -0.770. The Morgan fingerprint density at radius 1 is 1.32 bits per heavy atom. The van der Waals surface area contributed by atoms with Crippen molar-refractivity contribution in [3.63, 3.8) is 0 Å². The smallest absolute Gasteiger partial charge is 0.134 e. The van der Waals surface area contributed by atoms with Gasteiger partial charge in [-0.25, -0.2) is 0 Å². The van der Waals surface area contributed by atoms with Gasteiger partial charge in [-0.15, -0.1) is 0 Å². The maximum absolute atomic E-state index is 5.99. The predicted octanol–water partition coefficient (Wildman–Crippen LogP) is 5.42. The number of rotatable bonds is 5. The summed E-state index contributed by atoms with van der Waals surface area (Å²) in [6.07, 6.45) is 1.11. The van der Waals surface area contributed by atoms with Crippen LogP contribution in [-0.4, -0.2) is 6.54 Å². The first kappa shape index (κ1) is 14.6. The van der Waals surface area contributed by atoms with E-state index in [-0.39, 0.29) is 6.04 Å². The molecule has 1 atom stereocenters. The van der Waals surface area contributed by atoms with E-state index in [1.54, 1.807) is 0 Å². The van der Waals surface area contributed by atoms with E-state index in [2.05, 4.69) is 35.1 Å². The van der Waals surface area contributed by atoms with Gasteiger partial charge in [0.15, 0.2) is 0 Å². The molecule has 0 bridgehead atoms. The summed E-state index contributed by atoms with van der Waals surface area (Å²) in [6, 6.07) is 10.0. The predicted molar refractivity (Wildman–Crippen MR) is 83.6 cm³/mol. The van der Waals surface area contributed by atoms with Gasteiger partial charge in [0, 0.05) is 10.0 Å². The Morgan fingerprint density at radius 3 is 2.79 bits per heavy atom. The Balaban J connectivity index is 2.18. The molecule has 0 spiro atoms. The molecule has 1 unspecified atom stereocenters. The molecule has 2 rings (SSSR count). The van der Waals surface area contributed by atoms with Crippen molar-refractivity contribution in [2.75, 3.05) is 6.54 Å². The number of benzene rings is 1. The quantitative estimate of drug-likeness (QED) is 0.784. The molecule has 0 fully saturated rings. The Kier molecular flexibility index (Phi) is 5.08. The molecule has 1 N–H and O–H groups in total. The fourth-order valence-electron chi connectivity index (χ4n) is 1.85. The van der Waals surface area contributed by atoms with Crippen molar-refractivity contribution in [3.8, 4) is 11.3 Å². The molecule has 0 aliphatic carbocycles. The second-order valence-electron chi connectivity index (χ2n) is 4.51. The van der Waals surface area contributed by atoms with Gasteiger partial charge in [-0.3, -0.25) is 0 Å². The lowest BCUT2D eigenvalue weighted by Gasteiger charge is -2.09. The third-order valence-corrected chi connectivity index (χ3v) is 4.17. The van der Waals surface area contributed by atoms with E-state index in [1.807, 2.05) is 30.3 Å². The van der Waals surface area contributed by atoms with Crippen LogP contribution >= 0.6 is 27.5 Å². The van der Waals surface area contributed by atoms with Crippen molar-refractivity contribution in [1.82, 2.24) is 5.32 Å². The standard InChI is InChI=1S/C15H17BrClNO/c1-3-8-18-10(2)14-6-7-15(19-14)11-4-5-13(17)12(16)9-11/h4-7,9-10,18H,3,8H2,1-2H3. The van der Waals surface area contributed by atoms with E-state index >= 15 is 0 Å². The highest BCUT2D eigenvalue weighted by Crippen LogP contribution is 2.30. The second-order valence-corrected chi connectivity index (χ2v) is 5.77. The number of halogens is 2. The molecule has 0 aliphatic rings. The van der Waals surface area contributed by atoms with Gasteiger partial charge in [0.2, 0.25) is 0 Å². The van der Waals surface area contributed by atoms with Crippen LogP contribution in [0.4, 0.5) is 0 Å². The van der Waals surface area contributed by atoms with Crippen LogP contribution in [0, 0.1) is 0 Å². The van der Waals surface area contributed by atoms with E-state index in [9.17, 15) is 0 Å². The summed E-state index contributed by atoms with van der Waals surface area (Å²) < 4.78 is 6.77. The molecular formula is C15H17BrClNO. The van der Waals surface area contributed by atoms with Crippen molar-refractivity contribution in [1.29, 1.82) is 0 Å². The van der Waals surface area contributed by atoms with Crippen molar-refractivity contribution in [3.05, 3.63) is 45.6 Å². The fraction of sp³-hybridized carbons (Fsp3) is 0.333. The van der Waals surface area contributed by atoms with Gasteiger partial charge >= 0.3 is 0 Å². The van der Waals surface area contributed by atoms with E-state index in [0.29, 0.717) is 5.02 Å². The molecule has 1 aromatic carbocycles. The first-order chi connectivity index (χ1) is 9.11. The largest absolute Gasteiger partial charge is 0.459 e. The zero-order valence-corrected chi connectivity index (χ0v) is 13.4. The summed E-state index contributed by atoms with van der Waals surface area (Å²) in [5.74, 6) is 1.81. The molecule has 102 valence electrons. The van der Waals surface area contributed by atoms with E-state index in [0.717, 1.165) is 34.5 Å². The van der Waals surface area contributed by atoms with Gasteiger partial charge in [-0.2, -0.15) is 0 Å². The third kappa shape index (κ3) is 3.62. The molecule has 0 saturated carbocycles. The van der Waals surface area contributed by atoms with Gasteiger partial charge in [0.05, 0.1) is 11.1 Å². The summed E-state index contributed by atoms with van der Waals surface area (Å²) in [6.45, 7) is 5.25. The van der Waals surface area contributed by atoms with Gasteiger partial charge in [-0.1, -0.05) is 18.5 Å². The highest BCUT2D eigenvalue weighted by molar-refractivity contribution is 9.10. The van der Waals surface area contributed by atoms with Crippen molar-refractivity contribution < 1.29 is 4.42 Å². The Morgan fingerprint density at radius 2 is 2.11 bits per heavy atom. The molecule has 0 amide bonds. The minimum atomic E-state index is 0.226. The lowest BCUT2D eigenvalue weighted by Crippen LogP contribution is -2.18. The van der Waals surface area contributed by atoms with Gasteiger partial charge in [0.1, 0.15) is 11.5 Å². The van der Waals surface area contributed by atoms with Gasteiger partial charge < -0.3 is 9.73 Å². The molecule has 1 aromatic heterocycles. The summed E-state index contributed by atoms with van der Waals surface area (Å²) in [7, 11) is 0. The average Bonchev–Trinajstić information content (AvgIpc) is 2.89. The number of nitrogens with one attached hydrogen (secondary N) is 1. The zero-order valence-electron chi connectivity index (χ0n) is 11.0. The lowest BCUT2D eigenvalue weighted by molar-refractivity contribution is 0.439. The van der Waals surface area contributed by atoms with Crippen LogP contribution in [0.5, 0.6) is 0 Å². The monoisotopic (exact) mass is 341 g/mol. The summed E-state index contributed by atoms with van der Waals surface area (Å²) in [5, 5.41) is 4.11. The highest BCUT2D eigenvalue weighted by atomic mass is 79.9. The maximum Gasteiger partial charge on any atom is 0.134 e. The lowest BCUT2D eigenvalue weighted by atomic mass is 10.2. The zero-order chi connectivity index (χ0) is 13.8. The summed E-state index contributed by atoms with van der Waals surface area (Å²) in [5.41, 5.74) is 1.02. The average molecular weight is 343 g/mol. The van der Waals surface area contributed by atoms with Crippen molar-refractivity contribution in [2.24, 2.45) is 0 Å². The number of hydrogen-bond acceptors (Lipinski definition) is 2. The summed E-state index contributed by atoms with van der Waals surface area (Å²) in [4.78, 5) is 0. The maximum atomic E-state index is 5.99. The van der Waals surface area contributed by atoms with E-state index < -0.39 is 0 Å². The molecule has 1 heterocycles. The number of hydrogen-bond donors (Lipinski definition) is 1. The van der Waals surface area contributed by atoms with Crippen LogP contribution in [-0.2, 0) is 0 Å². The molecule has 0 radical (unpaired) electrons. The minimum absolute atomic E-state index is 0.226. The van der Waals surface area contributed by atoms with E-state index in [1.165, 1.54) is 0 Å². The Labute approximate surface area is 127 Å². The molecule has 0 saturated heterocycles. The topological polar surface area (TPSA) is 25.2 Å². The summed E-state index contributed by atoms with van der Waals surface area (Å²) >= 11 is 9.42. The van der Waals surface area contributed by atoms with Crippen LogP contribution in [0.25, 0.3) is 11.3 Å². The molecular weight excluding hydrogens is 326 g/mol. The van der Waals surface area contributed by atoms with Crippen molar-refractivity contribution in [2.45, 2.75) is 26.3 Å². The SMILES string of the molecule is CCCNC(C)c1ccc(-c2ccc(Cl)c(Br)c2)o1. The van der Waals surface area contributed by atoms with Crippen molar-refractivity contribution >= 4 is 27.5 Å². The van der Waals surface area contributed by atoms with Gasteiger partial charge in [-0.05, 0) is 66.2 Å². The van der Waals surface area contributed by atoms with Crippen LogP contribution in [0.3, 0.4) is 0 Å². The van der Waals surface area contributed by atoms with Crippen LogP contribution in [0.1, 0.15) is 32.1 Å². The molecule has 0 aliphatic heterocycles. The fourth-order valence-corrected chi connectivity index (χ4v) is 2.35. The highest BCUT2D eigenvalue weighted by Gasteiger charge is 2.11. The normalized spacial score (nSPS) is 12.6. The molecule has 19 heavy (non-hydrogen) atoms. The number of furan rings is 1. The van der Waals surface area contributed by atoms with Crippen LogP contribution < -0.4 is 5.32 Å². The third-order valence-electron chi connectivity index (χ3n) is 2.96. The molecule has 2 nitrogen and oxygen atoms in total. The second kappa shape index (κ2) is 6.60. The van der Waals surface area contributed by atoms with Crippen LogP contribution in [0.2, 0.25) is 5.02 Å². The first-order valence-corrected chi connectivity index (χ1v) is 7.57. The molecule has 2 aromatic rings. The van der Waals surface area contributed by atoms with E-state index in [4.69, 9.17) is 16.0 Å². The van der Waals surface area contributed by atoms with Crippen LogP contribution in [0.15, 0.2) is 39.2 Å². The molecule has 4 heteroatoms. The minimum Gasteiger partial charge on any atom is -0.459 e. The Bertz CT molecular complexity index is 553. The van der Waals surface area contributed by atoms with Gasteiger partial charge in [0.25, 0.3) is 0 Å². The first-order valence-electron chi connectivity index (χ1n) is 6.40.